The number of rotatable bonds is 5. The van der Waals surface area contributed by atoms with E-state index in [0.29, 0.717) is 4.75 Å². The molecule has 0 atom stereocenters. The van der Waals surface area contributed by atoms with Crippen LogP contribution in [0.3, 0.4) is 0 Å². The Morgan fingerprint density at radius 3 is 2.76 bits per heavy atom. The molecule has 0 aromatic carbocycles. The van der Waals surface area contributed by atoms with Crippen molar-refractivity contribution in [2.75, 3.05) is 12.8 Å². The Morgan fingerprint density at radius 1 is 1.29 bits per heavy atom. The quantitative estimate of drug-likeness (QED) is 0.868. The van der Waals surface area contributed by atoms with Crippen LogP contribution in [0.4, 0.5) is 0 Å². The average Bonchev–Trinajstić information content (AvgIpc) is 2.41. The Hall–Kier alpha value is -0.540. The highest BCUT2D eigenvalue weighted by molar-refractivity contribution is 8.00. The maximum absolute atomic E-state index is 4.34. The molecular formula is C14H22N2S. The normalized spacial score (nSPS) is 19.1. The van der Waals surface area contributed by atoms with Gasteiger partial charge in [-0.05, 0) is 31.2 Å². The molecule has 0 amide bonds. The zero-order valence-corrected chi connectivity index (χ0v) is 11.4. The van der Waals surface area contributed by atoms with Gasteiger partial charge in [0.25, 0.3) is 0 Å². The SMILES string of the molecule is CSC1(CNCc2ccccn2)CCCCC1. The summed E-state index contributed by atoms with van der Waals surface area (Å²) in [5.41, 5.74) is 1.14. The average molecular weight is 250 g/mol. The van der Waals surface area contributed by atoms with E-state index >= 15 is 0 Å². The first-order valence-electron chi connectivity index (χ1n) is 6.50. The lowest BCUT2D eigenvalue weighted by Gasteiger charge is -2.36. The first-order valence-corrected chi connectivity index (χ1v) is 7.73. The minimum absolute atomic E-state index is 0.479. The second kappa shape index (κ2) is 6.41. The zero-order chi connectivity index (χ0) is 12.0. The van der Waals surface area contributed by atoms with Crippen LogP contribution in [0.2, 0.25) is 0 Å². The van der Waals surface area contributed by atoms with Crippen molar-refractivity contribution in [1.29, 1.82) is 0 Å². The fourth-order valence-corrected chi connectivity index (χ4v) is 3.51. The molecule has 0 saturated heterocycles. The Kier molecular flexibility index (Phi) is 4.86. The molecule has 0 aliphatic heterocycles. The van der Waals surface area contributed by atoms with Crippen LogP contribution in [0.5, 0.6) is 0 Å². The van der Waals surface area contributed by atoms with E-state index in [1.54, 1.807) is 0 Å². The molecule has 1 fully saturated rings. The maximum Gasteiger partial charge on any atom is 0.0541 e. The second-order valence-electron chi connectivity index (χ2n) is 4.87. The van der Waals surface area contributed by atoms with E-state index in [1.165, 1.54) is 32.1 Å². The van der Waals surface area contributed by atoms with Crippen LogP contribution in [0.25, 0.3) is 0 Å². The van der Waals surface area contributed by atoms with Crippen molar-refractivity contribution in [3.63, 3.8) is 0 Å². The van der Waals surface area contributed by atoms with Crippen molar-refractivity contribution >= 4 is 11.8 Å². The molecule has 0 unspecified atom stereocenters. The summed E-state index contributed by atoms with van der Waals surface area (Å²) in [6.07, 6.45) is 11.1. The smallest absolute Gasteiger partial charge is 0.0541 e. The van der Waals surface area contributed by atoms with Crippen LogP contribution in [0.1, 0.15) is 37.8 Å². The molecule has 2 rings (SSSR count). The highest BCUT2D eigenvalue weighted by Crippen LogP contribution is 2.37. The predicted octanol–water partition coefficient (Wildman–Crippen LogP) is 3.24. The van der Waals surface area contributed by atoms with E-state index in [2.05, 4.69) is 28.7 Å². The Balaban J connectivity index is 1.80. The highest BCUT2D eigenvalue weighted by atomic mass is 32.2. The molecule has 1 heterocycles. The summed E-state index contributed by atoms with van der Waals surface area (Å²) in [4.78, 5) is 4.34. The third kappa shape index (κ3) is 3.71. The van der Waals surface area contributed by atoms with Gasteiger partial charge in [-0.15, -0.1) is 0 Å². The summed E-state index contributed by atoms with van der Waals surface area (Å²) < 4.78 is 0.479. The topological polar surface area (TPSA) is 24.9 Å². The third-order valence-electron chi connectivity index (χ3n) is 3.68. The minimum Gasteiger partial charge on any atom is -0.310 e. The van der Waals surface area contributed by atoms with Crippen LogP contribution in [0.15, 0.2) is 24.4 Å². The zero-order valence-electron chi connectivity index (χ0n) is 10.6. The van der Waals surface area contributed by atoms with Gasteiger partial charge in [0.1, 0.15) is 0 Å². The van der Waals surface area contributed by atoms with Gasteiger partial charge in [-0.1, -0.05) is 25.3 Å². The number of thioether (sulfide) groups is 1. The summed E-state index contributed by atoms with van der Waals surface area (Å²) in [6.45, 7) is 2.01. The van der Waals surface area contributed by atoms with Gasteiger partial charge in [-0.2, -0.15) is 11.8 Å². The molecule has 2 nitrogen and oxygen atoms in total. The molecule has 1 aromatic rings. The van der Waals surface area contributed by atoms with Crippen LogP contribution in [-0.2, 0) is 6.54 Å². The van der Waals surface area contributed by atoms with E-state index in [0.717, 1.165) is 18.8 Å². The fourth-order valence-electron chi connectivity index (χ4n) is 2.57. The van der Waals surface area contributed by atoms with Gasteiger partial charge in [-0.25, -0.2) is 0 Å². The first-order chi connectivity index (χ1) is 8.35. The van der Waals surface area contributed by atoms with Gasteiger partial charge < -0.3 is 5.32 Å². The molecule has 17 heavy (non-hydrogen) atoms. The van der Waals surface area contributed by atoms with Crippen LogP contribution < -0.4 is 5.32 Å². The van der Waals surface area contributed by atoms with Crippen LogP contribution in [-0.4, -0.2) is 22.5 Å². The lowest BCUT2D eigenvalue weighted by Crippen LogP contribution is -2.39. The van der Waals surface area contributed by atoms with Gasteiger partial charge in [0.2, 0.25) is 0 Å². The van der Waals surface area contributed by atoms with E-state index in [9.17, 15) is 0 Å². The number of nitrogens with one attached hydrogen (secondary N) is 1. The van der Waals surface area contributed by atoms with E-state index in [4.69, 9.17) is 0 Å². The Labute approximate surface area is 109 Å². The van der Waals surface area contributed by atoms with Gasteiger partial charge in [-0.3, -0.25) is 4.98 Å². The third-order valence-corrected chi connectivity index (χ3v) is 5.10. The summed E-state index contributed by atoms with van der Waals surface area (Å²) >= 11 is 2.05. The number of aromatic nitrogens is 1. The van der Waals surface area contributed by atoms with Crippen molar-refractivity contribution in [2.24, 2.45) is 0 Å². The van der Waals surface area contributed by atoms with Crippen molar-refractivity contribution in [3.8, 4) is 0 Å². The first kappa shape index (κ1) is 12.9. The van der Waals surface area contributed by atoms with Crippen molar-refractivity contribution in [3.05, 3.63) is 30.1 Å². The second-order valence-corrected chi connectivity index (χ2v) is 6.15. The summed E-state index contributed by atoms with van der Waals surface area (Å²) in [5, 5.41) is 3.58. The van der Waals surface area contributed by atoms with Gasteiger partial charge in [0.05, 0.1) is 5.69 Å². The summed E-state index contributed by atoms with van der Waals surface area (Å²) in [7, 11) is 0. The van der Waals surface area contributed by atoms with E-state index in [-0.39, 0.29) is 0 Å². The number of hydrogen-bond acceptors (Lipinski definition) is 3. The van der Waals surface area contributed by atoms with E-state index < -0.39 is 0 Å². The lowest BCUT2D eigenvalue weighted by atomic mass is 9.88. The Morgan fingerprint density at radius 2 is 2.12 bits per heavy atom. The molecule has 1 N–H and O–H groups in total. The number of pyridine rings is 1. The van der Waals surface area contributed by atoms with E-state index in [1.807, 2.05) is 24.0 Å². The van der Waals surface area contributed by atoms with Crippen molar-refractivity contribution in [1.82, 2.24) is 10.3 Å². The van der Waals surface area contributed by atoms with Gasteiger partial charge in [0.15, 0.2) is 0 Å². The Bertz CT molecular complexity index is 320. The lowest BCUT2D eigenvalue weighted by molar-refractivity contribution is 0.379. The van der Waals surface area contributed by atoms with Crippen molar-refractivity contribution in [2.45, 2.75) is 43.4 Å². The molecule has 1 aliphatic rings. The largest absolute Gasteiger partial charge is 0.310 e. The maximum atomic E-state index is 4.34. The molecular weight excluding hydrogens is 228 g/mol. The van der Waals surface area contributed by atoms with Gasteiger partial charge >= 0.3 is 0 Å². The summed E-state index contributed by atoms with van der Waals surface area (Å²) in [5.74, 6) is 0. The number of nitrogens with zero attached hydrogens (tertiary/aromatic N) is 1. The standard InChI is InChI=1S/C14H22N2S/c1-17-14(8-4-2-5-9-14)12-15-11-13-7-3-6-10-16-13/h3,6-7,10,15H,2,4-5,8-9,11-12H2,1H3. The molecule has 3 heteroatoms. The fraction of sp³-hybridized carbons (Fsp3) is 0.643. The monoisotopic (exact) mass is 250 g/mol. The minimum atomic E-state index is 0.479. The molecule has 0 spiro atoms. The molecule has 1 aliphatic carbocycles. The van der Waals surface area contributed by atoms with Crippen LogP contribution >= 0.6 is 11.8 Å². The van der Waals surface area contributed by atoms with Crippen LogP contribution in [0, 0.1) is 0 Å². The summed E-state index contributed by atoms with van der Waals surface area (Å²) in [6, 6.07) is 6.10. The molecule has 1 saturated carbocycles. The molecule has 94 valence electrons. The highest BCUT2D eigenvalue weighted by Gasteiger charge is 2.30. The molecule has 0 bridgehead atoms. The van der Waals surface area contributed by atoms with Crippen molar-refractivity contribution < 1.29 is 0 Å². The van der Waals surface area contributed by atoms with Gasteiger partial charge in [0, 0.05) is 24.0 Å². The predicted molar refractivity (Wildman–Crippen MR) is 75.3 cm³/mol. The molecule has 1 aromatic heterocycles. The molecule has 0 radical (unpaired) electrons. The number of hydrogen-bond donors (Lipinski definition) is 1.